The van der Waals surface area contributed by atoms with Crippen LogP contribution in [0.2, 0.25) is 0 Å². The molecule has 0 radical (unpaired) electrons. The SMILES string of the molecule is Cc1cccc2c1N=CC(O)C2O. The molecule has 3 nitrogen and oxygen atoms in total. The van der Waals surface area contributed by atoms with Crippen molar-refractivity contribution in [3.8, 4) is 0 Å². The summed E-state index contributed by atoms with van der Waals surface area (Å²) in [6, 6.07) is 5.57. The van der Waals surface area contributed by atoms with Gasteiger partial charge in [-0.15, -0.1) is 0 Å². The Bertz CT molecular complexity index is 360. The van der Waals surface area contributed by atoms with E-state index in [1.165, 1.54) is 6.21 Å². The fourth-order valence-electron chi connectivity index (χ4n) is 1.51. The lowest BCUT2D eigenvalue weighted by atomic mass is 9.98. The van der Waals surface area contributed by atoms with Gasteiger partial charge in [0.15, 0.2) is 0 Å². The van der Waals surface area contributed by atoms with Crippen LogP contribution in [-0.4, -0.2) is 22.5 Å². The predicted octanol–water partition coefficient (Wildman–Crippen LogP) is 1.11. The quantitative estimate of drug-likeness (QED) is 0.623. The van der Waals surface area contributed by atoms with Crippen LogP contribution in [0.1, 0.15) is 17.2 Å². The Hall–Kier alpha value is -1.19. The number of fused-ring (bicyclic) bond motifs is 1. The molecule has 68 valence electrons. The molecule has 1 heterocycles. The Labute approximate surface area is 76.4 Å². The average Bonchev–Trinajstić information content (AvgIpc) is 2.12. The molecule has 0 bridgehead atoms. The standard InChI is InChI=1S/C10H11NO2/c1-6-3-2-4-7-9(6)11-5-8(12)10(7)13/h2-5,8,10,12-13H,1H3. The van der Waals surface area contributed by atoms with E-state index in [9.17, 15) is 10.2 Å². The normalized spacial score (nSPS) is 25.8. The highest BCUT2D eigenvalue weighted by Gasteiger charge is 2.23. The van der Waals surface area contributed by atoms with E-state index in [-0.39, 0.29) is 0 Å². The van der Waals surface area contributed by atoms with Crippen LogP contribution in [-0.2, 0) is 0 Å². The van der Waals surface area contributed by atoms with E-state index in [0.717, 1.165) is 11.3 Å². The monoisotopic (exact) mass is 177 g/mol. The summed E-state index contributed by atoms with van der Waals surface area (Å²) in [6.45, 7) is 1.93. The first kappa shape index (κ1) is 8.41. The highest BCUT2D eigenvalue weighted by Crippen LogP contribution is 2.33. The number of nitrogens with zero attached hydrogens (tertiary/aromatic N) is 1. The number of hydrogen-bond acceptors (Lipinski definition) is 3. The molecule has 1 aromatic rings. The molecule has 13 heavy (non-hydrogen) atoms. The Balaban J connectivity index is 2.58. The lowest BCUT2D eigenvalue weighted by molar-refractivity contribution is 0.0613. The minimum absolute atomic E-state index is 0.704. The van der Waals surface area contributed by atoms with E-state index >= 15 is 0 Å². The molecule has 0 saturated carbocycles. The van der Waals surface area contributed by atoms with Gasteiger partial charge in [0.2, 0.25) is 0 Å². The van der Waals surface area contributed by atoms with Crippen LogP contribution in [0.3, 0.4) is 0 Å². The summed E-state index contributed by atoms with van der Waals surface area (Å²) in [5, 5.41) is 18.9. The number of aliphatic hydroxyl groups is 2. The molecule has 0 fully saturated rings. The van der Waals surface area contributed by atoms with Crippen LogP contribution in [0, 0.1) is 6.92 Å². The molecular formula is C10H11NO2. The summed E-state index contributed by atoms with van der Waals surface area (Å²) in [5.74, 6) is 0. The van der Waals surface area contributed by atoms with Crippen LogP contribution in [0.15, 0.2) is 23.2 Å². The molecule has 2 rings (SSSR count). The van der Waals surface area contributed by atoms with E-state index in [0.29, 0.717) is 5.56 Å². The zero-order valence-corrected chi connectivity index (χ0v) is 7.31. The van der Waals surface area contributed by atoms with Crippen molar-refractivity contribution in [3.05, 3.63) is 29.3 Å². The second-order valence-corrected chi connectivity index (χ2v) is 3.23. The summed E-state index contributed by atoms with van der Waals surface area (Å²) in [7, 11) is 0. The molecule has 0 amide bonds. The Morgan fingerprint density at radius 1 is 1.31 bits per heavy atom. The summed E-state index contributed by atoms with van der Waals surface area (Å²) in [4.78, 5) is 4.09. The fourth-order valence-corrected chi connectivity index (χ4v) is 1.51. The summed E-state index contributed by atoms with van der Waals surface area (Å²) in [5.41, 5.74) is 2.50. The molecule has 1 aliphatic heterocycles. The first-order valence-electron chi connectivity index (χ1n) is 4.20. The first-order chi connectivity index (χ1) is 6.20. The lowest BCUT2D eigenvalue weighted by Gasteiger charge is -2.21. The van der Waals surface area contributed by atoms with E-state index < -0.39 is 12.2 Å². The van der Waals surface area contributed by atoms with Crippen molar-refractivity contribution >= 4 is 11.9 Å². The number of aliphatic hydroxyl groups excluding tert-OH is 2. The largest absolute Gasteiger partial charge is 0.385 e. The van der Waals surface area contributed by atoms with Crippen molar-refractivity contribution in [3.63, 3.8) is 0 Å². The topological polar surface area (TPSA) is 52.8 Å². The maximum atomic E-state index is 9.61. The zero-order chi connectivity index (χ0) is 9.42. The predicted molar refractivity (Wildman–Crippen MR) is 50.3 cm³/mol. The van der Waals surface area contributed by atoms with Crippen LogP contribution in [0.25, 0.3) is 0 Å². The molecule has 1 aliphatic rings. The fraction of sp³-hybridized carbons (Fsp3) is 0.300. The van der Waals surface area contributed by atoms with Crippen molar-refractivity contribution in [2.24, 2.45) is 4.99 Å². The molecule has 2 atom stereocenters. The molecule has 1 aromatic carbocycles. The van der Waals surface area contributed by atoms with Gasteiger partial charge in [-0.3, -0.25) is 4.99 Å². The average molecular weight is 177 g/mol. The molecule has 0 aromatic heterocycles. The number of para-hydroxylation sites is 1. The third-order valence-corrected chi connectivity index (χ3v) is 2.27. The maximum Gasteiger partial charge on any atom is 0.119 e. The van der Waals surface area contributed by atoms with Crippen molar-refractivity contribution in [1.29, 1.82) is 0 Å². The van der Waals surface area contributed by atoms with E-state index in [1.807, 2.05) is 19.1 Å². The van der Waals surface area contributed by atoms with Gasteiger partial charge < -0.3 is 10.2 Å². The number of aryl methyl sites for hydroxylation is 1. The number of aliphatic imine (C=N–C) groups is 1. The van der Waals surface area contributed by atoms with Crippen molar-refractivity contribution < 1.29 is 10.2 Å². The highest BCUT2D eigenvalue weighted by atomic mass is 16.3. The second-order valence-electron chi connectivity index (χ2n) is 3.23. The van der Waals surface area contributed by atoms with Crippen molar-refractivity contribution in [1.82, 2.24) is 0 Å². The lowest BCUT2D eigenvalue weighted by Crippen LogP contribution is -2.22. The van der Waals surface area contributed by atoms with Crippen molar-refractivity contribution in [2.75, 3.05) is 0 Å². The molecule has 3 heteroatoms. The first-order valence-corrected chi connectivity index (χ1v) is 4.20. The Kier molecular flexibility index (Phi) is 1.90. The molecule has 0 spiro atoms. The van der Waals surface area contributed by atoms with Gasteiger partial charge in [-0.25, -0.2) is 0 Å². The van der Waals surface area contributed by atoms with Crippen molar-refractivity contribution in [2.45, 2.75) is 19.1 Å². The third kappa shape index (κ3) is 1.26. The molecule has 0 aliphatic carbocycles. The summed E-state index contributed by atoms with van der Waals surface area (Å²) < 4.78 is 0. The molecule has 2 N–H and O–H groups in total. The molecule has 0 saturated heterocycles. The number of benzene rings is 1. The summed E-state index contributed by atoms with van der Waals surface area (Å²) >= 11 is 0. The van der Waals surface area contributed by atoms with Gasteiger partial charge in [-0.1, -0.05) is 18.2 Å². The van der Waals surface area contributed by atoms with E-state index in [2.05, 4.69) is 4.99 Å². The van der Waals surface area contributed by atoms with Crippen LogP contribution in [0.5, 0.6) is 0 Å². The van der Waals surface area contributed by atoms with Gasteiger partial charge in [0.05, 0.1) is 5.69 Å². The highest BCUT2D eigenvalue weighted by molar-refractivity contribution is 5.75. The van der Waals surface area contributed by atoms with Crippen LogP contribution < -0.4 is 0 Å². The minimum atomic E-state index is -0.880. The van der Waals surface area contributed by atoms with Gasteiger partial charge in [-0.05, 0) is 12.5 Å². The molecular weight excluding hydrogens is 166 g/mol. The van der Waals surface area contributed by atoms with E-state index in [1.54, 1.807) is 6.07 Å². The Morgan fingerprint density at radius 3 is 2.85 bits per heavy atom. The minimum Gasteiger partial charge on any atom is -0.385 e. The Morgan fingerprint density at radius 2 is 2.08 bits per heavy atom. The van der Waals surface area contributed by atoms with E-state index in [4.69, 9.17) is 0 Å². The number of hydrogen-bond donors (Lipinski definition) is 2. The van der Waals surface area contributed by atoms with Gasteiger partial charge in [0.25, 0.3) is 0 Å². The second kappa shape index (κ2) is 2.94. The summed E-state index contributed by atoms with van der Waals surface area (Å²) in [6.07, 6.45) is -0.346. The van der Waals surface area contributed by atoms with Gasteiger partial charge >= 0.3 is 0 Å². The zero-order valence-electron chi connectivity index (χ0n) is 7.31. The third-order valence-electron chi connectivity index (χ3n) is 2.27. The van der Waals surface area contributed by atoms with Gasteiger partial charge in [0, 0.05) is 11.8 Å². The number of rotatable bonds is 0. The van der Waals surface area contributed by atoms with Gasteiger partial charge in [0.1, 0.15) is 12.2 Å². The molecule has 2 unspecified atom stereocenters. The maximum absolute atomic E-state index is 9.61. The van der Waals surface area contributed by atoms with Crippen LogP contribution in [0.4, 0.5) is 5.69 Å². The van der Waals surface area contributed by atoms with Crippen LogP contribution >= 0.6 is 0 Å². The van der Waals surface area contributed by atoms with Gasteiger partial charge in [-0.2, -0.15) is 0 Å². The smallest absolute Gasteiger partial charge is 0.119 e.